The molecule has 3 aromatic rings. The molecule has 0 bridgehead atoms. The van der Waals surface area contributed by atoms with Gasteiger partial charge in [-0.2, -0.15) is 0 Å². The van der Waals surface area contributed by atoms with Gasteiger partial charge in [0.2, 0.25) is 0 Å². The van der Waals surface area contributed by atoms with E-state index in [1.807, 2.05) is 0 Å². The minimum atomic E-state index is -0.654. The molecule has 0 unspecified atom stereocenters. The summed E-state index contributed by atoms with van der Waals surface area (Å²) in [4.78, 5) is 27.3. The standard InChI is InChI=1S/C16H14ClN5O2/c17-11-3-6-14-20-13(9-22(14)8-11)7-19-15(23)10-1-4-12(5-2-10)21-16(18)24/h1-6,8-9H,7H2,(H,19,23)(H3,18,21,24). The first-order valence-corrected chi connectivity index (χ1v) is 7.47. The smallest absolute Gasteiger partial charge is 0.316 e. The summed E-state index contributed by atoms with van der Waals surface area (Å²) in [6.45, 7) is 0.291. The number of anilines is 1. The second kappa shape index (κ2) is 6.59. The molecule has 8 heteroatoms. The Labute approximate surface area is 142 Å². The zero-order chi connectivity index (χ0) is 17.1. The Kier molecular flexibility index (Phi) is 4.35. The zero-order valence-corrected chi connectivity index (χ0v) is 13.2. The van der Waals surface area contributed by atoms with E-state index in [2.05, 4.69) is 15.6 Å². The number of fused-ring (bicyclic) bond motifs is 1. The average molecular weight is 344 g/mol. The Hall–Kier alpha value is -3.06. The summed E-state index contributed by atoms with van der Waals surface area (Å²) in [5.74, 6) is -0.240. The summed E-state index contributed by atoms with van der Waals surface area (Å²) in [5.41, 5.74) is 7.50. The summed E-state index contributed by atoms with van der Waals surface area (Å²) >= 11 is 5.93. The van der Waals surface area contributed by atoms with Gasteiger partial charge in [-0.1, -0.05) is 11.6 Å². The quantitative estimate of drug-likeness (QED) is 0.678. The van der Waals surface area contributed by atoms with E-state index < -0.39 is 6.03 Å². The first-order valence-electron chi connectivity index (χ1n) is 7.09. The molecule has 0 atom stereocenters. The number of rotatable bonds is 4. The lowest BCUT2D eigenvalue weighted by molar-refractivity contribution is 0.0950. The maximum Gasteiger partial charge on any atom is 0.316 e. The summed E-state index contributed by atoms with van der Waals surface area (Å²) < 4.78 is 1.80. The number of benzene rings is 1. The van der Waals surface area contributed by atoms with E-state index in [1.54, 1.807) is 53.2 Å². The van der Waals surface area contributed by atoms with Crippen LogP contribution in [0, 0.1) is 0 Å². The van der Waals surface area contributed by atoms with Gasteiger partial charge in [0, 0.05) is 23.6 Å². The fourth-order valence-electron chi connectivity index (χ4n) is 2.22. The van der Waals surface area contributed by atoms with E-state index in [9.17, 15) is 9.59 Å². The van der Waals surface area contributed by atoms with Crippen molar-refractivity contribution >= 4 is 34.9 Å². The van der Waals surface area contributed by atoms with Crippen LogP contribution in [0.1, 0.15) is 16.1 Å². The lowest BCUT2D eigenvalue weighted by Gasteiger charge is -2.05. The molecule has 4 N–H and O–H groups in total. The van der Waals surface area contributed by atoms with Gasteiger partial charge in [-0.3, -0.25) is 4.79 Å². The zero-order valence-electron chi connectivity index (χ0n) is 12.5. The van der Waals surface area contributed by atoms with Crippen LogP contribution in [-0.4, -0.2) is 21.3 Å². The maximum absolute atomic E-state index is 12.1. The molecule has 24 heavy (non-hydrogen) atoms. The van der Waals surface area contributed by atoms with Crippen molar-refractivity contribution < 1.29 is 9.59 Å². The first-order chi connectivity index (χ1) is 11.5. The third-order valence-corrected chi connectivity index (χ3v) is 3.53. The number of hydrogen-bond acceptors (Lipinski definition) is 3. The maximum atomic E-state index is 12.1. The third kappa shape index (κ3) is 3.64. The number of primary amides is 1. The van der Waals surface area contributed by atoms with Crippen molar-refractivity contribution in [2.45, 2.75) is 6.54 Å². The summed E-state index contributed by atoms with van der Waals surface area (Å²) in [6.07, 6.45) is 3.56. The van der Waals surface area contributed by atoms with E-state index in [-0.39, 0.29) is 5.91 Å². The van der Waals surface area contributed by atoms with Crippen molar-refractivity contribution in [2.24, 2.45) is 5.73 Å². The number of nitrogens with zero attached hydrogens (tertiary/aromatic N) is 2. The largest absolute Gasteiger partial charge is 0.351 e. The Morgan fingerprint density at radius 1 is 1.12 bits per heavy atom. The predicted molar refractivity (Wildman–Crippen MR) is 91.0 cm³/mol. The molecule has 0 aliphatic heterocycles. The molecule has 3 amide bonds. The molecule has 2 heterocycles. The number of pyridine rings is 1. The van der Waals surface area contributed by atoms with Crippen LogP contribution in [0.5, 0.6) is 0 Å². The molecule has 0 saturated heterocycles. The lowest BCUT2D eigenvalue weighted by atomic mass is 10.2. The summed E-state index contributed by atoms with van der Waals surface area (Å²) in [5, 5.41) is 5.83. The van der Waals surface area contributed by atoms with Gasteiger partial charge < -0.3 is 20.8 Å². The van der Waals surface area contributed by atoms with Gasteiger partial charge in [-0.25, -0.2) is 9.78 Å². The highest BCUT2D eigenvalue weighted by atomic mass is 35.5. The summed E-state index contributed by atoms with van der Waals surface area (Å²) in [7, 11) is 0. The second-order valence-corrected chi connectivity index (χ2v) is 5.53. The molecule has 122 valence electrons. The van der Waals surface area contributed by atoms with Crippen molar-refractivity contribution in [3.05, 3.63) is 65.1 Å². The van der Waals surface area contributed by atoms with E-state index in [4.69, 9.17) is 17.3 Å². The van der Waals surface area contributed by atoms with Crippen molar-refractivity contribution in [1.82, 2.24) is 14.7 Å². The minimum absolute atomic E-state index is 0.240. The van der Waals surface area contributed by atoms with Crippen molar-refractivity contribution in [3.8, 4) is 0 Å². The molecule has 3 rings (SSSR count). The molecule has 1 aromatic carbocycles. The second-order valence-electron chi connectivity index (χ2n) is 5.09. The van der Waals surface area contributed by atoms with Gasteiger partial charge in [0.05, 0.1) is 17.3 Å². The molecule has 0 aliphatic rings. The van der Waals surface area contributed by atoms with E-state index in [1.165, 1.54) is 0 Å². The van der Waals surface area contributed by atoms with Crippen LogP contribution in [0.4, 0.5) is 10.5 Å². The van der Waals surface area contributed by atoms with Crippen molar-refractivity contribution in [3.63, 3.8) is 0 Å². The molecule has 7 nitrogen and oxygen atoms in total. The van der Waals surface area contributed by atoms with Crippen molar-refractivity contribution in [2.75, 3.05) is 5.32 Å². The monoisotopic (exact) mass is 343 g/mol. The third-order valence-electron chi connectivity index (χ3n) is 3.31. The normalized spacial score (nSPS) is 10.5. The van der Waals surface area contributed by atoms with Gasteiger partial charge in [-0.05, 0) is 36.4 Å². The number of aromatic nitrogens is 2. The Morgan fingerprint density at radius 2 is 1.88 bits per heavy atom. The van der Waals surface area contributed by atoms with E-state index >= 15 is 0 Å². The van der Waals surface area contributed by atoms with Gasteiger partial charge in [0.25, 0.3) is 5.91 Å². The highest BCUT2D eigenvalue weighted by Crippen LogP contribution is 2.12. The van der Waals surface area contributed by atoms with Crippen LogP contribution in [0.25, 0.3) is 5.65 Å². The number of amides is 3. The molecular weight excluding hydrogens is 330 g/mol. The van der Waals surface area contributed by atoms with Gasteiger partial charge in [0.1, 0.15) is 5.65 Å². The highest BCUT2D eigenvalue weighted by Gasteiger charge is 2.08. The predicted octanol–water partition coefficient (Wildman–Crippen LogP) is 2.41. The Morgan fingerprint density at radius 3 is 2.58 bits per heavy atom. The lowest BCUT2D eigenvalue weighted by Crippen LogP contribution is -2.23. The van der Waals surface area contributed by atoms with Gasteiger partial charge in [0.15, 0.2) is 0 Å². The summed E-state index contributed by atoms with van der Waals surface area (Å²) in [6, 6.07) is 9.32. The van der Waals surface area contributed by atoms with Gasteiger partial charge in [-0.15, -0.1) is 0 Å². The molecular formula is C16H14ClN5O2. The molecule has 0 aliphatic carbocycles. The molecule has 0 fully saturated rings. The van der Waals surface area contributed by atoms with Crippen LogP contribution in [0.3, 0.4) is 0 Å². The van der Waals surface area contributed by atoms with Crippen LogP contribution < -0.4 is 16.4 Å². The number of hydrogen-bond donors (Lipinski definition) is 3. The number of nitrogens with one attached hydrogen (secondary N) is 2. The SMILES string of the molecule is NC(=O)Nc1ccc(C(=O)NCc2cn3cc(Cl)ccc3n2)cc1. The number of imidazole rings is 1. The van der Waals surface area contributed by atoms with Gasteiger partial charge >= 0.3 is 6.03 Å². The van der Waals surface area contributed by atoms with Crippen LogP contribution in [0.2, 0.25) is 5.02 Å². The first kappa shape index (κ1) is 15.8. The number of nitrogens with two attached hydrogens (primary N) is 1. The van der Waals surface area contributed by atoms with E-state index in [0.29, 0.717) is 22.8 Å². The fourth-order valence-corrected chi connectivity index (χ4v) is 2.39. The number of urea groups is 1. The van der Waals surface area contributed by atoms with Crippen LogP contribution in [-0.2, 0) is 6.54 Å². The fraction of sp³-hybridized carbons (Fsp3) is 0.0625. The highest BCUT2D eigenvalue weighted by molar-refractivity contribution is 6.30. The van der Waals surface area contributed by atoms with E-state index in [0.717, 1.165) is 11.3 Å². The topological polar surface area (TPSA) is 102 Å². The van der Waals surface area contributed by atoms with Crippen LogP contribution >= 0.6 is 11.6 Å². The van der Waals surface area contributed by atoms with Crippen molar-refractivity contribution in [1.29, 1.82) is 0 Å². The minimum Gasteiger partial charge on any atom is -0.351 e. The number of carbonyl (C=O) groups is 2. The Bertz CT molecular complexity index is 904. The number of carbonyl (C=O) groups excluding carboxylic acids is 2. The Balaban J connectivity index is 1.64. The van der Waals surface area contributed by atoms with Crippen LogP contribution in [0.15, 0.2) is 48.8 Å². The molecule has 0 spiro atoms. The molecule has 2 aromatic heterocycles. The molecule has 0 radical (unpaired) electrons. The molecule has 0 saturated carbocycles. The average Bonchev–Trinajstić information content (AvgIpc) is 2.94. The number of halogens is 1.